The van der Waals surface area contributed by atoms with Gasteiger partial charge in [-0.3, -0.25) is 14.4 Å². The normalized spacial score (nSPS) is 11.6. The van der Waals surface area contributed by atoms with Crippen molar-refractivity contribution in [1.82, 2.24) is 5.32 Å². The zero-order chi connectivity index (χ0) is 33.9. The fourth-order valence-electron chi connectivity index (χ4n) is 4.67. The summed E-state index contributed by atoms with van der Waals surface area (Å²) in [5, 5.41) is 7.81. The minimum absolute atomic E-state index is 0.0471. The summed E-state index contributed by atoms with van der Waals surface area (Å²) in [6.07, 6.45) is 1.60. The second kappa shape index (κ2) is 16.4. The molecule has 3 amide bonds. The maximum atomic E-state index is 13.7. The van der Waals surface area contributed by atoms with Gasteiger partial charge in [-0.15, -0.1) is 11.8 Å². The highest BCUT2D eigenvalue weighted by molar-refractivity contribution is 9.10. The number of para-hydroxylation sites is 1. The van der Waals surface area contributed by atoms with Crippen LogP contribution in [0.5, 0.6) is 0 Å². The van der Waals surface area contributed by atoms with Gasteiger partial charge in [0.2, 0.25) is 5.91 Å². The van der Waals surface area contributed by atoms with Gasteiger partial charge in [-0.05, 0) is 71.8 Å². The third-order valence-corrected chi connectivity index (χ3v) is 8.71. The molecular weight excluding hydrogens is 690 g/mol. The summed E-state index contributed by atoms with van der Waals surface area (Å²) < 4.78 is 5.70. The Labute approximate surface area is 290 Å². The quantitative estimate of drug-likeness (QED) is 0.0722. The largest absolute Gasteiger partial charge is 0.465 e. The maximum Gasteiger partial charge on any atom is 0.339 e. The molecule has 10 heteroatoms. The Morgan fingerprint density at radius 1 is 0.750 bits per heavy atom. The second-order valence-electron chi connectivity index (χ2n) is 10.4. The second-order valence-corrected chi connectivity index (χ2v) is 12.4. The molecule has 0 spiro atoms. The van der Waals surface area contributed by atoms with Gasteiger partial charge in [0.15, 0.2) is 0 Å². The van der Waals surface area contributed by atoms with Crippen LogP contribution in [0.25, 0.3) is 6.08 Å². The van der Waals surface area contributed by atoms with E-state index in [1.165, 1.54) is 18.9 Å². The molecule has 0 bridgehead atoms. The van der Waals surface area contributed by atoms with Crippen molar-refractivity contribution in [2.45, 2.75) is 10.1 Å². The molecule has 5 aromatic carbocycles. The Balaban J connectivity index is 1.39. The molecule has 3 N–H and O–H groups in total. The molecule has 0 fully saturated rings. The lowest BCUT2D eigenvalue weighted by molar-refractivity contribution is -0.116. The zero-order valence-corrected chi connectivity index (χ0v) is 28.1. The van der Waals surface area contributed by atoms with Crippen molar-refractivity contribution in [2.24, 2.45) is 0 Å². The van der Waals surface area contributed by atoms with E-state index in [9.17, 15) is 19.2 Å². The summed E-state index contributed by atoms with van der Waals surface area (Å²) >= 11 is 4.73. The van der Waals surface area contributed by atoms with E-state index >= 15 is 0 Å². The molecule has 0 heterocycles. The van der Waals surface area contributed by atoms with E-state index in [4.69, 9.17) is 4.74 Å². The molecule has 0 radical (unpaired) electrons. The van der Waals surface area contributed by atoms with Crippen molar-refractivity contribution in [1.29, 1.82) is 0 Å². The molecule has 5 aromatic rings. The molecule has 8 nitrogen and oxygen atoms in total. The number of hydrogen-bond acceptors (Lipinski definition) is 6. The Morgan fingerprint density at radius 3 is 2.17 bits per heavy atom. The summed E-state index contributed by atoms with van der Waals surface area (Å²) in [4.78, 5) is 53.4. The number of thioether (sulfide) groups is 1. The van der Waals surface area contributed by atoms with E-state index in [2.05, 4.69) is 31.9 Å². The molecule has 48 heavy (non-hydrogen) atoms. The zero-order valence-electron chi connectivity index (χ0n) is 25.7. The lowest BCUT2D eigenvalue weighted by Gasteiger charge is -2.19. The number of halogens is 1. The summed E-state index contributed by atoms with van der Waals surface area (Å²) in [6, 6.07) is 39.0. The van der Waals surface area contributed by atoms with E-state index in [1.807, 2.05) is 60.7 Å². The molecule has 0 aliphatic rings. The van der Waals surface area contributed by atoms with Crippen LogP contribution < -0.4 is 16.0 Å². The molecule has 240 valence electrons. The van der Waals surface area contributed by atoms with Crippen LogP contribution in [-0.2, 0) is 14.3 Å². The predicted molar refractivity (Wildman–Crippen MR) is 193 cm³/mol. The molecule has 5 rings (SSSR count). The lowest BCUT2D eigenvalue weighted by atomic mass is 10.1. The number of carbonyl (C=O) groups excluding carboxylic acids is 4. The van der Waals surface area contributed by atoms with E-state index in [0.717, 1.165) is 10.0 Å². The molecule has 1 unspecified atom stereocenters. The van der Waals surface area contributed by atoms with E-state index in [-0.39, 0.29) is 17.2 Å². The Bertz CT molecular complexity index is 1970. The van der Waals surface area contributed by atoms with Gasteiger partial charge in [0.1, 0.15) is 10.9 Å². The molecule has 0 aromatic heterocycles. The highest BCUT2D eigenvalue weighted by atomic mass is 79.9. The van der Waals surface area contributed by atoms with Gasteiger partial charge < -0.3 is 20.7 Å². The Hall–Kier alpha value is -5.45. The van der Waals surface area contributed by atoms with E-state index in [0.29, 0.717) is 27.4 Å². The SMILES string of the molecule is COC(=O)c1ccccc1NC(=O)C(Sc1cccc(NC(=O)/C(=C\c2cccc(Br)c2)NC(=O)c2ccccc2)c1)c1ccccc1. The van der Waals surface area contributed by atoms with Gasteiger partial charge in [0, 0.05) is 20.6 Å². The van der Waals surface area contributed by atoms with Gasteiger partial charge in [-0.25, -0.2) is 4.79 Å². The fourth-order valence-corrected chi connectivity index (χ4v) is 6.17. The van der Waals surface area contributed by atoms with Crippen LogP contribution in [0.2, 0.25) is 0 Å². The van der Waals surface area contributed by atoms with Crippen molar-refractivity contribution in [2.75, 3.05) is 17.7 Å². The van der Waals surface area contributed by atoms with Gasteiger partial charge in [-0.1, -0.05) is 94.8 Å². The first-order chi connectivity index (χ1) is 23.3. The highest BCUT2D eigenvalue weighted by Crippen LogP contribution is 2.37. The predicted octanol–water partition coefficient (Wildman–Crippen LogP) is 8.12. The number of esters is 1. The molecule has 0 aliphatic carbocycles. The molecule has 0 aliphatic heterocycles. The van der Waals surface area contributed by atoms with Gasteiger partial charge in [0.25, 0.3) is 11.8 Å². The highest BCUT2D eigenvalue weighted by Gasteiger charge is 2.24. The molecule has 0 saturated carbocycles. The topological polar surface area (TPSA) is 114 Å². The minimum Gasteiger partial charge on any atom is -0.465 e. The van der Waals surface area contributed by atoms with Crippen LogP contribution in [0, 0.1) is 0 Å². The summed E-state index contributed by atoms with van der Waals surface area (Å²) in [7, 11) is 1.28. The van der Waals surface area contributed by atoms with Gasteiger partial charge in [-0.2, -0.15) is 0 Å². The van der Waals surface area contributed by atoms with E-state index in [1.54, 1.807) is 78.9 Å². The first kappa shape index (κ1) is 33.9. The molecule has 1 atom stereocenters. The van der Waals surface area contributed by atoms with Crippen LogP contribution in [0.1, 0.15) is 37.1 Å². The number of amides is 3. The Morgan fingerprint density at radius 2 is 1.44 bits per heavy atom. The monoisotopic (exact) mass is 719 g/mol. The van der Waals surface area contributed by atoms with Crippen molar-refractivity contribution in [3.8, 4) is 0 Å². The van der Waals surface area contributed by atoms with Crippen LogP contribution in [0.3, 0.4) is 0 Å². The van der Waals surface area contributed by atoms with Crippen molar-refractivity contribution in [3.63, 3.8) is 0 Å². The summed E-state index contributed by atoms with van der Waals surface area (Å²) in [6.45, 7) is 0. The molecular formula is C38H30BrN3O5S. The number of carbonyl (C=O) groups is 4. The van der Waals surface area contributed by atoms with Crippen LogP contribution in [0.15, 0.2) is 149 Å². The first-order valence-electron chi connectivity index (χ1n) is 14.8. The van der Waals surface area contributed by atoms with Crippen LogP contribution >= 0.6 is 27.7 Å². The number of anilines is 2. The standard InChI is InChI=1S/C38H30BrN3O5S/c1-47-38(46)31-20-8-9-21-32(31)41-37(45)34(26-13-4-2-5-14-26)48-30-19-11-18-29(24-30)40-36(44)33(23-25-12-10-17-28(39)22-25)42-35(43)27-15-6-3-7-16-27/h2-24,34H,1H3,(H,40,44)(H,41,45)(H,42,43)/b33-23+. The van der Waals surface area contributed by atoms with Crippen molar-refractivity contribution in [3.05, 3.63) is 166 Å². The number of hydrogen-bond donors (Lipinski definition) is 3. The fraction of sp³-hybridized carbons (Fsp3) is 0.0526. The van der Waals surface area contributed by atoms with Crippen LogP contribution in [-0.4, -0.2) is 30.8 Å². The van der Waals surface area contributed by atoms with E-state index < -0.39 is 23.0 Å². The average molecular weight is 721 g/mol. The van der Waals surface area contributed by atoms with Gasteiger partial charge in [0.05, 0.1) is 18.4 Å². The Kier molecular flexibility index (Phi) is 11.6. The number of benzene rings is 5. The van der Waals surface area contributed by atoms with Crippen molar-refractivity contribution >= 4 is 68.8 Å². The van der Waals surface area contributed by atoms with Crippen LogP contribution in [0.4, 0.5) is 11.4 Å². The number of methoxy groups -OCH3 is 1. The first-order valence-corrected chi connectivity index (χ1v) is 16.4. The third-order valence-electron chi connectivity index (χ3n) is 6.97. The minimum atomic E-state index is -0.708. The number of nitrogens with one attached hydrogen (secondary N) is 3. The summed E-state index contributed by atoms with van der Waals surface area (Å²) in [5.41, 5.74) is 2.93. The van der Waals surface area contributed by atoms with Gasteiger partial charge >= 0.3 is 5.97 Å². The third kappa shape index (κ3) is 9.09. The smallest absolute Gasteiger partial charge is 0.339 e. The lowest BCUT2D eigenvalue weighted by Crippen LogP contribution is -2.30. The number of ether oxygens (including phenoxy) is 1. The number of rotatable bonds is 11. The van der Waals surface area contributed by atoms with Crippen molar-refractivity contribution < 1.29 is 23.9 Å². The average Bonchev–Trinajstić information content (AvgIpc) is 3.11. The maximum absolute atomic E-state index is 13.7. The summed E-state index contributed by atoms with van der Waals surface area (Å²) in [5.74, 6) is -1.87. The molecule has 0 saturated heterocycles.